The summed E-state index contributed by atoms with van der Waals surface area (Å²) >= 11 is 0. The van der Waals surface area contributed by atoms with Crippen molar-refractivity contribution >= 4 is 0 Å². The van der Waals surface area contributed by atoms with E-state index in [-0.39, 0.29) is 11.5 Å². The number of phenolic OH excluding ortho intramolecular Hbond substituents is 2. The third-order valence-corrected chi connectivity index (χ3v) is 1.91. The first-order chi connectivity index (χ1) is 6.00. The number of hydrogen-bond acceptors (Lipinski definition) is 3. The van der Waals surface area contributed by atoms with Crippen LogP contribution in [0, 0.1) is 6.92 Å². The van der Waals surface area contributed by atoms with Crippen LogP contribution in [0.25, 0.3) is 0 Å². The van der Waals surface area contributed by atoms with Gasteiger partial charge in [-0.05, 0) is 31.0 Å². The molecule has 0 saturated heterocycles. The Morgan fingerprint density at radius 2 is 1.85 bits per heavy atom. The molecule has 0 aliphatic heterocycles. The molecule has 0 saturated carbocycles. The van der Waals surface area contributed by atoms with Gasteiger partial charge in [0, 0.05) is 12.5 Å². The lowest BCUT2D eigenvalue weighted by molar-refractivity contribution is 0.194. The summed E-state index contributed by atoms with van der Waals surface area (Å²) in [5.41, 5.74) is 1.36. The van der Waals surface area contributed by atoms with Gasteiger partial charge in [-0.1, -0.05) is 0 Å². The first kappa shape index (κ1) is 9.86. The van der Waals surface area contributed by atoms with Crippen LogP contribution in [0.3, 0.4) is 0 Å². The van der Waals surface area contributed by atoms with E-state index in [1.165, 1.54) is 6.07 Å². The van der Waals surface area contributed by atoms with Crippen molar-refractivity contribution in [3.63, 3.8) is 0 Å². The fourth-order valence-electron chi connectivity index (χ4n) is 1.23. The Hall–Kier alpha value is -1.22. The number of hydrogen-bond donors (Lipinski definition) is 3. The fraction of sp³-hybridized carbons (Fsp3) is 0.400. The Balaban J connectivity index is 3.01. The first-order valence-electron chi connectivity index (χ1n) is 4.20. The largest absolute Gasteiger partial charge is 0.508 e. The highest BCUT2D eigenvalue weighted by atomic mass is 16.3. The van der Waals surface area contributed by atoms with E-state index >= 15 is 0 Å². The molecule has 1 rings (SSSR count). The molecule has 3 nitrogen and oxygen atoms in total. The second-order valence-electron chi connectivity index (χ2n) is 3.32. The first-order valence-corrected chi connectivity index (χ1v) is 4.20. The van der Waals surface area contributed by atoms with Gasteiger partial charge in [-0.3, -0.25) is 0 Å². The van der Waals surface area contributed by atoms with Gasteiger partial charge in [0.15, 0.2) is 0 Å². The van der Waals surface area contributed by atoms with Crippen molar-refractivity contribution in [2.75, 3.05) is 0 Å². The molecule has 1 aromatic carbocycles. The average molecular weight is 182 g/mol. The van der Waals surface area contributed by atoms with E-state index in [9.17, 15) is 10.2 Å². The number of aliphatic hydroxyl groups is 1. The molecule has 0 aliphatic rings. The number of phenols is 2. The van der Waals surface area contributed by atoms with Crippen LogP contribution >= 0.6 is 0 Å². The zero-order chi connectivity index (χ0) is 10.0. The van der Waals surface area contributed by atoms with Gasteiger partial charge in [0.2, 0.25) is 0 Å². The smallest absolute Gasteiger partial charge is 0.122 e. The Morgan fingerprint density at radius 1 is 1.23 bits per heavy atom. The number of aromatic hydroxyl groups is 2. The van der Waals surface area contributed by atoms with E-state index in [4.69, 9.17) is 5.11 Å². The lowest BCUT2D eigenvalue weighted by Gasteiger charge is -2.08. The summed E-state index contributed by atoms with van der Waals surface area (Å²) in [6.07, 6.45) is -0.0951. The molecule has 1 aromatic rings. The van der Waals surface area contributed by atoms with Gasteiger partial charge in [0.05, 0.1) is 6.10 Å². The van der Waals surface area contributed by atoms with Crippen LogP contribution in [0.4, 0.5) is 0 Å². The van der Waals surface area contributed by atoms with Crippen LogP contribution in [0.15, 0.2) is 12.1 Å². The third kappa shape index (κ3) is 2.36. The minimum atomic E-state index is -0.491. The molecule has 0 fully saturated rings. The third-order valence-electron chi connectivity index (χ3n) is 1.91. The molecule has 1 atom stereocenters. The highest BCUT2D eigenvalue weighted by molar-refractivity contribution is 5.44. The molecule has 0 spiro atoms. The molecular weight excluding hydrogens is 168 g/mol. The van der Waals surface area contributed by atoms with Crippen molar-refractivity contribution in [1.29, 1.82) is 0 Å². The Morgan fingerprint density at radius 3 is 2.38 bits per heavy atom. The van der Waals surface area contributed by atoms with Crippen molar-refractivity contribution < 1.29 is 15.3 Å². The monoisotopic (exact) mass is 182 g/mol. The summed E-state index contributed by atoms with van der Waals surface area (Å²) < 4.78 is 0. The molecule has 0 bridgehead atoms. The molecule has 3 heteroatoms. The quantitative estimate of drug-likeness (QED) is 0.646. The number of aliphatic hydroxyl groups excluding tert-OH is 1. The van der Waals surface area contributed by atoms with Crippen molar-refractivity contribution in [3.05, 3.63) is 23.3 Å². The fourth-order valence-corrected chi connectivity index (χ4v) is 1.23. The van der Waals surface area contributed by atoms with E-state index in [2.05, 4.69) is 0 Å². The van der Waals surface area contributed by atoms with E-state index in [1.807, 2.05) is 0 Å². The molecule has 13 heavy (non-hydrogen) atoms. The molecule has 72 valence electrons. The van der Waals surface area contributed by atoms with E-state index in [0.29, 0.717) is 17.5 Å². The maximum absolute atomic E-state index is 9.39. The van der Waals surface area contributed by atoms with Crippen LogP contribution in [0.5, 0.6) is 11.5 Å². The second-order valence-corrected chi connectivity index (χ2v) is 3.32. The van der Waals surface area contributed by atoms with Gasteiger partial charge < -0.3 is 15.3 Å². The van der Waals surface area contributed by atoms with E-state index < -0.39 is 6.10 Å². The van der Waals surface area contributed by atoms with Gasteiger partial charge in [0.25, 0.3) is 0 Å². The van der Waals surface area contributed by atoms with Crippen LogP contribution < -0.4 is 0 Å². The van der Waals surface area contributed by atoms with Gasteiger partial charge in [0.1, 0.15) is 11.5 Å². The predicted octanol–water partition coefficient (Wildman–Crippen LogP) is 1.33. The summed E-state index contributed by atoms with van der Waals surface area (Å²) in [4.78, 5) is 0. The maximum atomic E-state index is 9.39. The Labute approximate surface area is 77.3 Å². The van der Waals surface area contributed by atoms with E-state index in [1.54, 1.807) is 19.9 Å². The molecule has 0 aromatic heterocycles. The summed E-state index contributed by atoms with van der Waals surface area (Å²) in [6, 6.07) is 2.98. The highest BCUT2D eigenvalue weighted by Crippen LogP contribution is 2.27. The summed E-state index contributed by atoms with van der Waals surface area (Å²) in [5.74, 6) is 0.107. The molecular formula is C10H14O3. The lowest BCUT2D eigenvalue weighted by atomic mass is 10.0. The van der Waals surface area contributed by atoms with E-state index in [0.717, 1.165) is 0 Å². The normalized spacial score (nSPS) is 12.8. The zero-order valence-electron chi connectivity index (χ0n) is 7.78. The van der Waals surface area contributed by atoms with Crippen LogP contribution in [0.1, 0.15) is 18.1 Å². The second kappa shape index (κ2) is 3.66. The lowest BCUT2D eigenvalue weighted by Crippen LogP contribution is -2.04. The van der Waals surface area contributed by atoms with Crippen molar-refractivity contribution in [2.45, 2.75) is 26.4 Å². The SMILES string of the molecule is Cc1cc(CC(C)O)c(O)cc1O. The number of benzene rings is 1. The van der Waals surface area contributed by atoms with Crippen LogP contribution in [-0.2, 0) is 6.42 Å². The van der Waals surface area contributed by atoms with Crippen LogP contribution in [-0.4, -0.2) is 21.4 Å². The number of aryl methyl sites for hydroxylation is 1. The zero-order valence-corrected chi connectivity index (χ0v) is 7.78. The molecule has 3 N–H and O–H groups in total. The Bertz CT molecular complexity index is 305. The minimum absolute atomic E-state index is 0.0315. The van der Waals surface area contributed by atoms with Crippen molar-refractivity contribution in [1.82, 2.24) is 0 Å². The average Bonchev–Trinajstić information content (AvgIpc) is 1.99. The van der Waals surface area contributed by atoms with Crippen LogP contribution in [0.2, 0.25) is 0 Å². The highest BCUT2D eigenvalue weighted by Gasteiger charge is 2.07. The summed E-state index contributed by atoms with van der Waals surface area (Å²) in [6.45, 7) is 3.40. The topological polar surface area (TPSA) is 60.7 Å². The summed E-state index contributed by atoms with van der Waals surface area (Å²) in [7, 11) is 0. The van der Waals surface area contributed by atoms with Gasteiger partial charge in [-0.15, -0.1) is 0 Å². The standard InChI is InChI=1S/C10H14O3/c1-6-3-8(4-7(2)11)10(13)5-9(6)12/h3,5,7,11-13H,4H2,1-2H3. The molecule has 0 aliphatic carbocycles. The van der Waals surface area contributed by atoms with Crippen molar-refractivity contribution in [3.8, 4) is 11.5 Å². The minimum Gasteiger partial charge on any atom is -0.508 e. The summed E-state index contributed by atoms with van der Waals surface area (Å²) in [5, 5.41) is 27.7. The molecule has 0 heterocycles. The van der Waals surface area contributed by atoms with Crippen molar-refractivity contribution in [2.24, 2.45) is 0 Å². The van der Waals surface area contributed by atoms with Gasteiger partial charge >= 0.3 is 0 Å². The molecule has 0 radical (unpaired) electrons. The molecule has 1 unspecified atom stereocenters. The predicted molar refractivity (Wildman–Crippen MR) is 49.9 cm³/mol. The molecule has 0 amide bonds. The maximum Gasteiger partial charge on any atom is 0.122 e. The number of rotatable bonds is 2. The van der Waals surface area contributed by atoms with Gasteiger partial charge in [-0.2, -0.15) is 0 Å². The van der Waals surface area contributed by atoms with Gasteiger partial charge in [-0.25, -0.2) is 0 Å². The Kier molecular flexibility index (Phi) is 2.78.